The monoisotopic (exact) mass is 274 g/mol. The average molecular weight is 274 g/mol. The minimum atomic E-state index is -1.54. The molecule has 9 nitrogen and oxygen atoms in total. The van der Waals surface area contributed by atoms with E-state index in [2.05, 4.69) is 9.47 Å². The molecule has 0 heterocycles. The fourth-order valence-electron chi connectivity index (χ4n) is 1.29. The molecule has 0 bridgehead atoms. The van der Waals surface area contributed by atoms with Crippen molar-refractivity contribution < 1.29 is 28.5 Å². The van der Waals surface area contributed by atoms with Crippen molar-refractivity contribution in [2.75, 3.05) is 6.86 Å². The maximum Gasteiger partial charge on any atom is 0.516 e. The fourth-order valence-corrected chi connectivity index (χ4v) is 1.29. The molecule has 0 aliphatic carbocycles. The lowest BCUT2D eigenvalue weighted by molar-refractivity contribution is -0.423. The second kappa shape index (κ2) is 5.71. The number of benzene rings is 1. The topological polar surface area (TPSA) is 122 Å². The van der Waals surface area contributed by atoms with Crippen molar-refractivity contribution in [3.8, 4) is 5.75 Å². The predicted octanol–water partition coefficient (Wildman–Crippen LogP) is 2.25. The number of aryl methyl sites for hydroxylation is 1. The van der Waals surface area contributed by atoms with Gasteiger partial charge in [-0.05, 0) is 18.6 Å². The molecule has 1 aromatic carbocycles. The van der Waals surface area contributed by atoms with Crippen molar-refractivity contribution in [1.82, 2.24) is 0 Å². The molecular weight excluding hydrogens is 267 g/mol. The minimum Gasteiger partial charge on any atom is -0.402 e. The summed E-state index contributed by atoms with van der Waals surface area (Å²) in [4.78, 5) is 30.3. The zero-order valence-electron chi connectivity index (χ0n) is 9.49. The van der Waals surface area contributed by atoms with Crippen LogP contribution in [-0.4, -0.2) is 22.9 Å². The number of halogens is 1. The second-order valence-electron chi connectivity index (χ2n) is 3.25. The van der Waals surface area contributed by atoms with Crippen molar-refractivity contribution in [3.63, 3.8) is 0 Å². The van der Waals surface area contributed by atoms with Gasteiger partial charge in [-0.15, -0.1) is 0 Å². The average Bonchev–Trinajstić information content (AvgIpc) is 2.27. The number of rotatable bonds is 4. The number of nitro groups is 2. The van der Waals surface area contributed by atoms with E-state index >= 15 is 0 Å². The zero-order valence-corrected chi connectivity index (χ0v) is 9.49. The SMILES string of the molecule is Cc1cc(OC(=O)OCF)c([N+](=O)[O-])c([N+](=O)[O-])c1. The Labute approximate surface area is 104 Å². The highest BCUT2D eigenvalue weighted by molar-refractivity contribution is 5.71. The highest BCUT2D eigenvalue weighted by Gasteiger charge is 2.32. The largest absolute Gasteiger partial charge is 0.516 e. The van der Waals surface area contributed by atoms with Crippen molar-refractivity contribution in [2.24, 2.45) is 0 Å². The molecule has 0 amide bonds. The lowest BCUT2D eigenvalue weighted by Crippen LogP contribution is -2.11. The van der Waals surface area contributed by atoms with Gasteiger partial charge in [0, 0.05) is 6.07 Å². The first-order valence-corrected chi connectivity index (χ1v) is 4.70. The third-order valence-corrected chi connectivity index (χ3v) is 1.94. The van der Waals surface area contributed by atoms with Crippen LogP contribution < -0.4 is 4.74 Å². The molecule has 1 aromatic rings. The second-order valence-corrected chi connectivity index (χ2v) is 3.25. The van der Waals surface area contributed by atoms with E-state index in [1.807, 2.05) is 0 Å². The lowest BCUT2D eigenvalue weighted by Gasteiger charge is -2.05. The number of ether oxygens (including phenoxy) is 2. The van der Waals surface area contributed by atoms with Gasteiger partial charge in [0.15, 0.2) is 0 Å². The van der Waals surface area contributed by atoms with Crippen LogP contribution in [0.3, 0.4) is 0 Å². The number of carbonyl (C=O) groups is 1. The van der Waals surface area contributed by atoms with E-state index in [0.717, 1.165) is 12.1 Å². The molecule has 0 N–H and O–H groups in total. The molecule has 0 saturated heterocycles. The summed E-state index contributed by atoms with van der Waals surface area (Å²) in [5.41, 5.74) is -1.60. The summed E-state index contributed by atoms with van der Waals surface area (Å²) in [5.74, 6) is -0.685. The van der Waals surface area contributed by atoms with Gasteiger partial charge in [-0.1, -0.05) is 0 Å². The third-order valence-electron chi connectivity index (χ3n) is 1.94. The maximum absolute atomic E-state index is 11.7. The van der Waals surface area contributed by atoms with E-state index in [4.69, 9.17) is 0 Å². The maximum atomic E-state index is 11.7. The summed E-state index contributed by atoms with van der Waals surface area (Å²) in [7, 11) is 0. The number of carbonyl (C=O) groups excluding carboxylic acids is 1. The molecule has 0 radical (unpaired) electrons. The van der Waals surface area contributed by atoms with Gasteiger partial charge in [0.2, 0.25) is 12.6 Å². The molecule has 0 unspecified atom stereocenters. The van der Waals surface area contributed by atoms with Gasteiger partial charge in [-0.25, -0.2) is 9.18 Å². The van der Waals surface area contributed by atoms with Crippen LogP contribution in [-0.2, 0) is 4.74 Å². The van der Waals surface area contributed by atoms with Crippen LogP contribution >= 0.6 is 0 Å². The first-order valence-electron chi connectivity index (χ1n) is 4.70. The molecule has 0 spiro atoms. The highest BCUT2D eigenvalue weighted by Crippen LogP contribution is 2.37. The van der Waals surface area contributed by atoms with Gasteiger partial charge in [0.05, 0.1) is 9.85 Å². The van der Waals surface area contributed by atoms with E-state index in [0.29, 0.717) is 0 Å². The molecule has 19 heavy (non-hydrogen) atoms. The molecule has 0 atom stereocenters. The van der Waals surface area contributed by atoms with Crippen molar-refractivity contribution >= 4 is 17.5 Å². The number of hydrogen-bond donors (Lipinski definition) is 0. The summed E-state index contributed by atoms with van der Waals surface area (Å²) in [6.45, 7) is -0.0788. The Morgan fingerprint density at radius 3 is 2.42 bits per heavy atom. The number of nitrogens with zero attached hydrogens (tertiary/aromatic N) is 2. The molecule has 0 fully saturated rings. The Morgan fingerprint density at radius 2 is 1.95 bits per heavy atom. The Hall–Kier alpha value is -2.78. The summed E-state index contributed by atoms with van der Waals surface area (Å²) >= 11 is 0. The summed E-state index contributed by atoms with van der Waals surface area (Å²) < 4.78 is 19.9. The molecule has 0 aliphatic rings. The molecule has 0 aliphatic heterocycles. The summed E-state index contributed by atoms with van der Waals surface area (Å²) in [6, 6.07) is 1.98. The number of hydrogen-bond acceptors (Lipinski definition) is 7. The molecule has 0 saturated carbocycles. The zero-order chi connectivity index (χ0) is 14.6. The Balaban J connectivity index is 3.32. The number of nitro benzene ring substituents is 2. The van der Waals surface area contributed by atoms with Crippen LogP contribution in [0.1, 0.15) is 5.56 Å². The van der Waals surface area contributed by atoms with E-state index < -0.39 is 40.0 Å². The first kappa shape index (κ1) is 14.3. The standard InChI is InChI=1S/C9H7FN2O7/c1-5-2-6(11(14)15)8(12(16)17)7(3-5)19-9(13)18-4-10/h2-3H,4H2,1H3. The van der Waals surface area contributed by atoms with E-state index in [1.54, 1.807) is 0 Å². The molecule has 0 aromatic heterocycles. The summed E-state index contributed by atoms with van der Waals surface area (Å²) in [6.07, 6.45) is -1.54. The quantitative estimate of drug-likeness (QED) is 0.357. The van der Waals surface area contributed by atoms with Crippen LogP contribution in [0.5, 0.6) is 5.75 Å². The highest BCUT2D eigenvalue weighted by atomic mass is 19.1. The normalized spacial score (nSPS) is 9.79. The van der Waals surface area contributed by atoms with Gasteiger partial charge in [-0.2, -0.15) is 0 Å². The van der Waals surface area contributed by atoms with Crippen LogP contribution in [0.2, 0.25) is 0 Å². The van der Waals surface area contributed by atoms with Crippen molar-refractivity contribution in [2.45, 2.75) is 6.92 Å². The molecular formula is C9H7FN2O7. The van der Waals surface area contributed by atoms with E-state index in [9.17, 15) is 29.4 Å². The number of alkyl halides is 1. The van der Waals surface area contributed by atoms with Crippen molar-refractivity contribution in [1.29, 1.82) is 0 Å². The van der Waals surface area contributed by atoms with Gasteiger partial charge in [-0.3, -0.25) is 20.2 Å². The summed E-state index contributed by atoms with van der Waals surface area (Å²) in [5, 5.41) is 21.5. The molecule has 10 heteroatoms. The van der Waals surface area contributed by atoms with Gasteiger partial charge in [0.1, 0.15) is 0 Å². The predicted molar refractivity (Wildman–Crippen MR) is 57.6 cm³/mol. The van der Waals surface area contributed by atoms with Crippen LogP contribution in [0.25, 0.3) is 0 Å². The van der Waals surface area contributed by atoms with Gasteiger partial charge >= 0.3 is 17.5 Å². The van der Waals surface area contributed by atoms with E-state index in [1.165, 1.54) is 6.92 Å². The lowest BCUT2D eigenvalue weighted by atomic mass is 10.2. The Morgan fingerprint density at radius 1 is 1.32 bits per heavy atom. The minimum absolute atomic E-state index is 0.250. The van der Waals surface area contributed by atoms with E-state index in [-0.39, 0.29) is 5.56 Å². The smallest absolute Gasteiger partial charge is 0.402 e. The fraction of sp³-hybridized carbons (Fsp3) is 0.222. The Kier molecular flexibility index (Phi) is 4.29. The molecule has 1 rings (SSSR count). The van der Waals surface area contributed by atoms with Gasteiger partial charge < -0.3 is 9.47 Å². The first-order chi connectivity index (χ1) is 8.86. The third kappa shape index (κ3) is 3.34. The van der Waals surface area contributed by atoms with Crippen LogP contribution in [0.15, 0.2) is 12.1 Å². The molecule has 102 valence electrons. The van der Waals surface area contributed by atoms with Gasteiger partial charge in [0.25, 0.3) is 0 Å². The van der Waals surface area contributed by atoms with Crippen LogP contribution in [0.4, 0.5) is 20.6 Å². The Bertz CT molecular complexity index is 546. The van der Waals surface area contributed by atoms with Crippen LogP contribution in [0, 0.1) is 27.2 Å². The van der Waals surface area contributed by atoms with Crippen molar-refractivity contribution in [3.05, 3.63) is 37.9 Å².